The lowest BCUT2D eigenvalue weighted by Crippen LogP contribution is -2.36. The minimum atomic E-state index is 0.145. The summed E-state index contributed by atoms with van der Waals surface area (Å²) in [4.78, 5) is 15.7. The highest BCUT2D eigenvalue weighted by Crippen LogP contribution is 2.33. The van der Waals surface area contributed by atoms with Gasteiger partial charge in [-0.3, -0.25) is 4.98 Å². The van der Waals surface area contributed by atoms with Crippen molar-refractivity contribution in [1.29, 1.82) is 5.26 Å². The molecule has 2 aliphatic rings. The average Bonchev–Trinajstić information content (AvgIpc) is 2.86. The molecule has 0 radical (unpaired) electrons. The predicted molar refractivity (Wildman–Crippen MR) is 122 cm³/mol. The third-order valence-corrected chi connectivity index (χ3v) is 6.11. The highest BCUT2D eigenvalue weighted by molar-refractivity contribution is 5.85. The molecular weight excluding hydrogens is 404 g/mol. The van der Waals surface area contributed by atoms with Crippen LogP contribution in [0.15, 0.2) is 42.9 Å². The number of morpholine rings is 1. The van der Waals surface area contributed by atoms with Gasteiger partial charge in [0.2, 0.25) is 0 Å². The summed E-state index contributed by atoms with van der Waals surface area (Å²) in [6, 6.07) is 10.3. The summed E-state index contributed by atoms with van der Waals surface area (Å²) in [7, 11) is 0. The molecule has 5 rings (SSSR count). The van der Waals surface area contributed by atoms with Gasteiger partial charge in [-0.25, -0.2) is 9.97 Å². The maximum Gasteiger partial charge on any atom is 0.149 e. The highest BCUT2D eigenvalue weighted by atomic mass is 16.5. The molecule has 1 saturated heterocycles. The maximum atomic E-state index is 8.92. The van der Waals surface area contributed by atoms with Crippen LogP contribution < -0.4 is 15.0 Å². The zero-order valence-electron chi connectivity index (χ0n) is 17.9. The van der Waals surface area contributed by atoms with Crippen molar-refractivity contribution >= 4 is 22.5 Å². The van der Waals surface area contributed by atoms with Crippen LogP contribution in [0.5, 0.6) is 5.75 Å². The minimum Gasteiger partial charge on any atom is -0.488 e. The van der Waals surface area contributed by atoms with Crippen LogP contribution in [0.3, 0.4) is 0 Å². The predicted octanol–water partition coefficient (Wildman–Crippen LogP) is 3.54. The molecule has 1 N–H and O–H groups in total. The maximum absolute atomic E-state index is 8.92. The molecule has 1 aliphatic heterocycles. The first-order valence-corrected chi connectivity index (χ1v) is 11.2. The number of nitrogens with zero attached hydrogens (tertiary/aromatic N) is 5. The van der Waals surface area contributed by atoms with Crippen LogP contribution in [-0.4, -0.2) is 53.4 Å². The lowest BCUT2D eigenvalue weighted by atomic mass is 9.93. The second kappa shape index (κ2) is 9.37. The second-order valence-corrected chi connectivity index (χ2v) is 8.25. The number of ether oxygens (including phenoxy) is 2. The number of nitriles is 1. The third kappa shape index (κ3) is 4.58. The Morgan fingerprint density at radius 1 is 1.03 bits per heavy atom. The quantitative estimate of drug-likeness (QED) is 0.657. The first kappa shape index (κ1) is 20.5. The van der Waals surface area contributed by atoms with Crippen LogP contribution in [0, 0.1) is 11.3 Å². The van der Waals surface area contributed by atoms with E-state index in [1.165, 1.54) is 0 Å². The number of aromatic nitrogens is 3. The summed E-state index contributed by atoms with van der Waals surface area (Å²) >= 11 is 0. The van der Waals surface area contributed by atoms with E-state index in [-0.39, 0.29) is 6.10 Å². The summed E-state index contributed by atoms with van der Waals surface area (Å²) in [5.41, 5.74) is 3.35. The molecule has 2 fully saturated rings. The van der Waals surface area contributed by atoms with E-state index in [9.17, 15) is 0 Å². The zero-order valence-corrected chi connectivity index (χ0v) is 17.9. The molecular formula is C24H26N6O2. The molecule has 3 aromatic rings. The first-order valence-electron chi connectivity index (χ1n) is 11.2. The van der Waals surface area contributed by atoms with Crippen molar-refractivity contribution in [3.63, 3.8) is 0 Å². The van der Waals surface area contributed by atoms with Crippen molar-refractivity contribution in [3.05, 3.63) is 48.4 Å². The normalized spacial score (nSPS) is 21.2. The van der Waals surface area contributed by atoms with Gasteiger partial charge in [-0.05, 0) is 43.9 Å². The molecule has 0 unspecified atom stereocenters. The number of hydrogen-bond acceptors (Lipinski definition) is 8. The van der Waals surface area contributed by atoms with E-state index in [0.29, 0.717) is 11.6 Å². The fourth-order valence-electron chi connectivity index (χ4n) is 4.38. The van der Waals surface area contributed by atoms with Gasteiger partial charge >= 0.3 is 0 Å². The molecule has 8 heteroatoms. The van der Waals surface area contributed by atoms with Gasteiger partial charge in [0.1, 0.15) is 23.2 Å². The number of hydrogen-bond donors (Lipinski definition) is 1. The van der Waals surface area contributed by atoms with Crippen molar-refractivity contribution in [2.45, 2.75) is 37.8 Å². The Morgan fingerprint density at radius 2 is 1.84 bits per heavy atom. The Hall–Kier alpha value is -3.44. The number of fused-ring (bicyclic) bond motifs is 1. The summed E-state index contributed by atoms with van der Waals surface area (Å²) in [6.45, 7) is 3.20. The smallest absolute Gasteiger partial charge is 0.149 e. The van der Waals surface area contributed by atoms with Gasteiger partial charge in [-0.1, -0.05) is 0 Å². The summed E-state index contributed by atoms with van der Waals surface area (Å²) in [5.74, 6) is 1.62. The lowest BCUT2D eigenvalue weighted by Gasteiger charge is -2.31. The highest BCUT2D eigenvalue weighted by Gasteiger charge is 2.24. The number of benzene rings is 1. The molecule has 3 heterocycles. The van der Waals surface area contributed by atoms with Gasteiger partial charge in [0.15, 0.2) is 0 Å². The van der Waals surface area contributed by atoms with Crippen molar-refractivity contribution in [1.82, 2.24) is 15.0 Å². The van der Waals surface area contributed by atoms with E-state index in [1.807, 2.05) is 6.07 Å². The van der Waals surface area contributed by atoms with Gasteiger partial charge in [0, 0.05) is 49.5 Å². The zero-order chi connectivity index (χ0) is 21.8. The largest absolute Gasteiger partial charge is 0.488 e. The number of pyridine rings is 1. The van der Waals surface area contributed by atoms with E-state index in [2.05, 4.69) is 43.4 Å². The van der Waals surface area contributed by atoms with E-state index in [4.69, 9.17) is 14.7 Å². The Labute approximate surface area is 187 Å². The standard InChI is InChI=1S/C24H26N6O2/c25-15-17-1-6-23(28-16-17)29-18-2-4-20(5-3-18)32-22-14-19(30-9-11-31-12-10-30)13-21-24(22)27-8-7-26-21/h1,6-8,13-14,16,18,20H,2-5,9-12H2,(H,28,29)/t18-,20+. The SMILES string of the molecule is N#Cc1ccc(N[C@H]2CC[C@@H](Oc3cc(N4CCOCC4)cc4nccnc34)CC2)nc1. The molecule has 0 bridgehead atoms. The molecule has 164 valence electrons. The van der Waals surface area contributed by atoms with Crippen LogP contribution in [-0.2, 0) is 4.74 Å². The van der Waals surface area contributed by atoms with Crippen LogP contribution in [0.25, 0.3) is 11.0 Å². The molecule has 1 aliphatic carbocycles. The molecule has 1 saturated carbocycles. The van der Waals surface area contributed by atoms with E-state index in [0.717, 1.165) is 80.3 Å². The van der Waals surface area contributed by atoms with Crippen LogP contribution in [0.1, 0.15) is 31.2 Å². The van der Waals surface area contributed by atoms with Crippen LogP contribution >= 0.6 is 0 Å². The van der Waals surface area contributed by atoms with Crippen molar-refractivity contribution in [3.8, 4) is 11.8 Å². The second-order valence-electron chi connectivity index (χ2n) is 8.25. The first-order chi connectivity index (χ1) is 15.8. The minimum absolute atomic E-state index is 0.145. The summed E-state index contributed by atoms with van der Waals surface area (Å²) in [5, 5.41) is 12.4. The molecule has 32 heavy (non-hydrogen) atoms. The summed E-state index contributed by atoms with van der Waals surface area (Å²) < 4.78 is 12.0. The molecule has 2 aromatic heterocycles. The molecule has 1 aromatic carbocycles. The fourth-order valence-corrected chi connectivity index (χ4v) is 4.38. The molecule has 0 atom stereocenters. The van der Waals surface area contributed by atoms with Crippen molar-refractivity contribution < 1.29 is 9.47 Å². The molecule has 0 spiro atoms. The van der Waals surface area contributed by atoms with Gasteiger partial charge < -0.3 is 19.7 Å². The van der Waals surface area contributed by atoms with Crippen molar-refractivity contribution in [2.24, 2.45) is 0 Å². The Balaban J connectivity index is 1.26. The molecule has 8 nitrogen and oxygen atoms in total. The number of anilines is 2. The Bertz CT molecular complexity index is 1100. The van der Waals surface area contributed by atoms with Crippen LogP contribution in [0.2, 0.25) is 0 Å². The van der Waals surface area contributed by atoms with Gasteiger partial charge in [-0.15, -0.1) is 0 Å². The third-order valence-electron chi connectivity index (χ3n) is 6.11. The number of rotatable bonds is 5. The van der Waals surface area contributed by atoms with Gasteiger partial charge in [-0.2, -0.15) is 5.26 Å². The Morgan fingerprint density at radius 3 is 2.59 bits per heavy atom. The summed E-state index contributed by atoms with van der Waals surface area (Å²) in [6.07, 6.45) is 9.10. The monoisotopic (exact) mass is 430 g/mol. The van der Waals surface area contributed by atoms with Gasteiger partial charge in [0.05, 0.1) is 30.4 Å². The fraction of sp³-hybridized carbons (Fsp3) is 0.417. The topological polar surface area (TPSA) is 96.2 Å². The van der Waals surface area contributed by atoms with E-state index >= 15 is 0 Å². The van der Waals surface area contributed by atoms with Crippen molar-refractivity contribution in [2.75, 3.05) is 36.5 Å². The Kier molecular flexibility index (Phi) is 5.99. The average molecular weight is 431 g/mol. The lowest BCUT2D eigenvalue weighted by molar-refractivity contribution is 0.122. The van der Waals surface area contributed by atoms with E-state index in [1.54, 1.807) is 24.7 Å². The van der Waals surface area contributed by atoms with E-state index < -0.39 is 0 Å². The number of nitrogens with one attached hydrogen (secondary N) is 1. The van der Waals surface area contributed by atoms with Gasteiger partial charge in [0.25, 0.3) is 0 Å². The molecule has 0 amide bonds. The van der Waals surface area contributed by atoms with Crippen LogP contribution in [0.4, 0.5) is 11.5 Å².